The molecule has 0 unspecified atom stereocenters. The van der Waals surface area contributed by atoms with Crippen LogP contribution in [0, 0.1) is 0 Å². The van der Waals surface area contributed by atoms with Crippen LogP contribution in [0.5, 0.6) is 0 Å². The monoisotopic (exact) mass is 328 g/mol. The van der Waals surface area contributed by atoms with Crippen molar-refractivity contribution in [2.75, 3.05) is 0 Å². The fourth-order valence-electron chi connectivity index (χ4n) is 1.86. The van der Waals surface area contributed by atoms with E-state index in [1.54, 1.807) is 24.3 Å². The number of hydrogen-bond donors (Lipinski definition) is 0. The Balaban J connectivity index is 1.85. The van der Waals surface area contributed by atoms with Crippen LogP contribution in [-0.4, -0.2) is 24.7 Å². The van der Waals surface area contributed by atoms with Gasteiger partial charge in [-0.3, -0.25) is 9.52 Å². The molecule has 1 aromatic carbocycles. The van der Waals surface area contributed by atoms with Gasteiger partial charge in [-0.1, -0.05) is 6.07 Å². The number of aromatic nitrogens is 2. The summed E-state index contributed by atoms with van der Waals surface area (Å²) in [5.74, 6) is 0.547. The average Bonchev–Trinajstić information content (AvgIpc) is 3.05. The minimum absolute atomic E-state index is 0.0101. The number of hydrogen-bond acceptors (Lipinski definition) is 6. The summed E-state index contributed by atoms with van der Waals surface area (Å²) in [5.41, 5.74) is 0.646. The largest absolute Gasteiger partial charge is 0.453 e. The van der Waals surface area contributed by atoms with Gasteiger partial charge in [-0.2, -0.15) is 0 Å². The third-order valence-corrected chi connectivity index (χ3v) is 4.21. The number of rotatable bonds is 5. The number of carbonyl (C=O) groups excluding carboxylic acids is 1. The van der Waals surface area contributed by atoms with Crippen molar-refractivity contribution < 1.29 is 17.6 Å². The normalized spacial score (nSPS) is 11.1. The predicted molar refractivity (Wildman–Crippen MR) is 81.8 cm³/mol. The van der Waals surface area contributed by atoms with Gasteiger partial charge in [0, 0.05) is 11.5 Å². The van der Waals surface area contributed by atoms with Gasteiger partial charge in [0.25, 0.3) is 0 Å². The van der Waals surface area contributed by atoms with Gasteiger partial charge in [0.05, 0.1) is 4.90 Å². The Morgan fingerprint density at radius 3 is 2.30 bits per heavy atom. The fraction of sp³-hybridized carbons (Fsp3) is 0. The molecule has 0 bridgehead atoms. The highest BCUT2D eigenvalue weighted by molar-refractivity contribution is 7.94. The number of benzene rings is 1. The lowest BCUT2D eigenvalue weighted by Gasteiger charge is -2.12. The molecular weight excluding hydrogens is 318 g/mol. The van der Waals surface area contributed by atoms with Crippen LogP contribution in [0.4, 0.5) is 5.95 Å². The van der Waals surface area contributed by atoms with E-state index in [0.717, 1.165) is 0 Å². The molecule has 0 amide bonds. The van der Waals surface area contributed by atoms with Gasteiger partial charge in [-0.05, 0) is 48.8 Å². The number of aldehydes is 1. The minimum atomic E-state index is -3.90. The van der Waals surface area contributed by atoms with E-state index in [-0.39, 0.29) is 16.6 Å². The fourth-order valence-corrected chi connectivity index (χ4v) is 2.76. The molecule has 0 atom stereocenters. The molecule has 0 saturated carbocycles. The summed E-state index contributed by atoms with van der Waals surface area (Å²) in [6.45, 7) is 0. The Hall–Kier alpha value is -3.00. The minimum Gasteiger partial charge on any atom is -0.453 e. The van der Waals surface area contributed by atoms with Crippen molar-refractivity contribution in [2.24, 2.45) is 0 Å². The summed E-state index contributed by atoms with van der Waals surface area (Å²) >= 11 is 0. The molecule has 0 radical (unpaired) electrons. The highest BCUT2D eigenvalue weighted by Gasteiger charge is 2.12. The van der Waals surface area contributed by atoms with E-state index in [1.165, 1.54) is 30.6 Å². The molecule has 0 aliphatic heterocycles. The van der Waals surface area contributed by atoms with Crippen molar-refractivity contribution in [3.8, 4) is 11.3 Å². The highest BCUT2D eigenvalue weighted by atomic mass is 32.2. The van der Waals surface area contributed by atoms with Gasteiger partial charge in [0.2, 0.25) is 10.0 Å². The molecule has 0 N–H and O–H groups in total. The van der Waals surface area contributed by atoms with Gasteiger partial charge in [-0.25, -0.2) is 8.42 Å². The standard InChI is InChI=1S/C15H10N3O4S/c19-10-12-4-7-14(22-12)11-2-5-13(6-3-11)23(20,21)18-15-16-8-1-9-17-15/h1-10H/q-1. The van der Waals surface area contributed by atoms with Crippen LogP contribution in [0.15, 0.2) is 64.2 Å². The lowest BCUT2D eigenvalue weighted by atomic mass is 10.2. The van der Waals surface area contributed by atoms with Gasteiger partial charge in [0.1, 0.15) is 5.76 Å². The van der Waals surface area contributed by atoms with Crippen LogP contribution in [0.3, 0.4) is 0 Å². The lowest BCUT2D eigenvalue weighted by molar-refractivity contribution is 0.110. The molecule has 0 saturated heterocycles. The Morgan fingerprint density at radius 2 is 1.70 bits per heavy atom. The van der Waals surface area contributed by atoms with E-state index in [4.69, 9.17) is 4.42 Å². The molecule has 0 aliphatic carbocycles. The Bertz CT molecular complexity index is 919. The quantitative estimate of drug-likeness (QED) is 0.667. The third kappa shape index (κ3) is 3.27. The van der Waals surface area contributed by atoms with Crippen LogP contribution in [0.1, 0.15) is 10.6 Å². The van der Waals surface area contributed by atoms with Gasteiger partial charge < -0.3 is 14.4 Å². The van der Waals surface area contributed by atoms with Crippen molar-refractivity contribution in [1.82, 2.24) is 9.97 Å². The molecule has 0 fully saturated rings. The first-order valence-electron chi connectivity index (χ1n) is 6.49. The summed E-state index contributed by atoms with van der Waals surface area (Å²) in [5, 5.41) is 0. The molecule has 0 aliphatic rings. The molecule has 3 aromatic rings. The molecule has 116 valence electrons. The van der Waals surface area contributed by atoms with Crippen molar-refractivity contribution in [1.29, 1.82) is 0 Å². The van der Waals surface area contributed by atoms with E-state index in [0.29, 0.717) is 17.6 Å². The van der Waals surface area contributed by atoms with Crippen molar-refractivity contribution in [2.45, 2.75) is 4.90 Å². The molecule has 2 aromatic heterocycles. The first-order valence-corrected chi connectivity index (χ1v) is 7.93. The summed E-state index contributed by atoms with van der Waals surface area (Å²) in [7, 11) is -3.90. The van der Waals surface area contributed by atoms with Crippen LogP contribution >= 0.6 is 0 Å². The summed E-state index contributed by atoms with van der Waals surface area (Å²) in [6, 6.07) is 10.7. The third-order valence-electron chi connectivity index (χ3n) is 2.93. The van der Waals surface area contributed by atoms with Crippen molar-refractivity contribution in [3.63, 3.8) is 0 Å². The highest BCUT2D eigenvalue weighted by Crippen LogP contribution is 2.27. The zero-order valence-electron chi connectivity index (χ0n) is 11.7. The zero-order valence-corrected chi connectivity index (χ0v) is 12.5. The second kappa shape index (κ2) is 6.01. The SMILES string of the molecule is O=Cc1ccc(-c2ccc(S(=O)(=O)[N-]c3ncccn3)cc2)o1. The molecule has 3 rings (SSSR count). The van der Waals surface area contributed by atoms with E-state index in [9.17, 15) is 13.2 Å². The molecule has 0 spiro atoms. The molecule has 8 heteroatoms. The van der Waals surface area contributed by atoms with Crippen molar-refractivity contribution in [3.05, 3.63) is 65.3 Å². The maximum Gasteiger partial charge on any atom is 0.229 e. The number of carbonyl (C=O) groups is 1. The molecular formula is C15H10N3O4S-. The average molecular weight is 328 g/mol. The summed E-state index contributed by atoms with van der Waals surface area (Å²) < 4.78 is 33.2. The van der Waals surface area contributed by atoms with Gasteiger partial charge in [-0.15, -0.1) is 0 Å². The van der Waals surface area contributed by atoms with E-state index < -0.39 is 10.0 Å². The Labute approximate surface area is 132 Å². The first kappa shape index (κ1) is 14.9. The number of furan rings is 1. The summed E-state index contributed by atoms with van der Waals surface area (Å²) in [4.78, 5) is 18.1. The molecule has 23 heavy (non-hydrogen) atoms. The van der Waals surface area contributed by atoms with Crippen LogP contribution in [-0.2, 0) is 10.0 Å². The second-order valence-corrected chi connectivity index (χ2v) is 6.06. The smallest absolute Gasteiger partial charge is 0.229 e. The molecule has 7 nitrogen and oxygen atoms in total. The maximum atomic E-state index is 12.2. The maximum absolute atomic E-state index is 12.2. The van der Waals surface area contributed by atoms with Gasteiger partial charge in [0.15, 0.2) is 12.0 Å². The lowest BCUT2D eigenvalue weighted by Crippen LogP contribution is -1.99. The predicted octanol–water partition coefficient (Wildman–Crippen LogP) is 2.94. The topological polar surface area (TPSA) is 104 Å². The van der Waals surface area contributed by atoms with Gasteiger partial charge >= 0.3 is 0 Å². The van der Waals surface area contributed by atoms with E-state index >= 15 is 0 Å². The van der Waals surface area contributed by atoms with Crippen LogP contribution in [0.25, 0.3) is 16.0 Å². The zero-order chi connectivity index (χ0) is 16.3. The summed E-state index contributed by atoms with van der Waals surface area (Å²) in [6.07, 6.45) is 3.42. The Morgan fingerprint density at radius 1 is 1.00 bits per heavy atom. The second-order valence-electron chi connectivity index (χ2n) is 4.46. The first-order chi connectivity index (χ1) is 11.1. The van der Waals surface area contributed by atoms with Crippen molar-refractivity contribution >= 4 is 22.3 Å². The van der Waals surface area contributed by atoms with E-state index in [2.05, 4.69) is 14.7 Å². The number of sulfonamides is 1. The number of nitrogens with zero attached hydrogens (tertiary/aromatic N) is 3. The van der Waals surface area contributed by atoms with Crippen LogP contribution in [0.2, 0.25) is 0 Å². The van der Waals surface area contributed by atoms with Crippen LogP contribution < -0.4 is 0 Å². The van der Waals surface area contributed by atoms with E-state index in [1.807, 2.05) is 0 Å². The Kier molecular flexibility index (Phi) is 3.90. The molecule has 2 heterocycles.